The van der Waals surface area contributed by atoms with Gasteiger partial charge in [0.2, 0.25) is 0 Å². The summed E-state index contributed by atoms with van der Waals surface area (Å²) in [6, 6.07) is 6.61. The van der Waals surface area contributed by atoms with Crippen LogP contribution in [-0.2, 0) is 14.3 Å². The third-order valence-electron chi connectivity index (χ3n) is 3.83. The van der Waals surface area contributed by atoms with E-state index >= 15 is 0 Å². The van der Waals surface area contributed by atoms with E-state index in [2.05, 4.69) is 0 Å². The molecule has 1 unspecified atom stereocenters. The molecule has 0 saturated carbocycles. The Labute approximate surface area is 131 Å². The molecule has 1 aromatic carbocycles. The number of alkyl halides is 3. The number of anilines is 2. The molecular formula is C15H17F3N2O3. The van der Waals surface area contributed by atoms with Crippen molar-refractivity contribution >= 4 is 17.3 Å². The highest BCUT2D eigenvalue weighted by atomic mass is 19.4. The average molecular weight is 330 g/mol. The van der Waals surface area contributed by atoms with Gasteiger partial charge < -0.3 is 19.3 Å². The van der Waals surface area contributed by atoms with Crippen LogP contribution in [0.1, 0.15) is 0 Å². The highest BCUT2D eigenvalue weighted by molar-refractivity contribution is 6.00. The Kier molecular flexibility index (Phi) is 4.45. The number of halogens is 3. The van der Waals surface area contributed by atoms with Gasteiger partial charge in [0.15, 0.2) is 6.10 Å². The summed E-state index contributed by atoms with van der Waals surface area (Å²) in [6.07, 6.45) is -4.99. The second kappa shape index (κ2) is 6.37. The van der Waals surface area contributed by atoms with E-state index in [1.165, 1.54) is 9.80 Å². The van der Waals surface area contributed by atoms with Crippen molar-refractivity contribution in [3.8, 4) is 0 Å². The second-order valence-corrected chi connectivity index (χ2v) is 5.45. The Balaban J connectivity index is 1.83. The normalized spacial score (nSPS) is 22.0. The molecule has 8 heteroatoms. The van der Waals surface area contributed by atoms with Gasteiger partial charge in [0, 0.05) is 13.1 Å². The molecule has 0 aromatic heterocycles. The van der Waals surface area contributed by atoms with Crippen molar-refractivity contribution in [1.82, 2.24) is 0 Å². The number of hydrogen-bond donors (Lipinski definition) is 0. The molecule has 23 heavy (non-hydrogen) atoms. The van der Waals surface area contributed by atoms with Gasteiger partial charge in [-0.15, -0.1) is 0 Å². The number of ether oxygens (including phenoxy) is 2. The van der Waals surface area contributed by atoms with Gasteiger partial charge in [-0.3, -0.25) is 4.79 Å². The standard InChI is InChI=1S/C15H17F3N2O3/c16-15(17,18)10-19-5-6-20(12-4-2-1-3-11(12)19)14(21)13-9-22-7-8-23-13/h1-4,13H,5-10H2. The number of nitrogens with zero attached hydrogens (tertiary/aromatic N) is 2. The Morgan fingerprint density at radius 1 is 1.17 bits per heavy atom. The molecule has 0 aliphatic carbocycles. The van der Waals surface area contributed by atoms with Crippen LogP contribution in [0.15, 0.2) is 24.3 Å². The predicted octanol–water partition coefficient (Wildman–Crippen LogP) is 1.82. The van der Waals surface area contributed by atoms with Crippen molar-refractivity contribution in [2.75, 3.05) is 49.3 Å². The van der Waals surface area contributed by atoms with Gasteiger partial charge in [-0.1, -0.05) is 12.1 Å². The molecule has 126 valence electrons. The molecular weight excluding hydrogens is 313 g/mol. The van der Waals surface area contributed by atoms with Crippen LogP contribution >= 0.6 is 0 Å². The fraction of sp³-hybridized carbons (Fsp3) is 0.533. The summed E-state index contributed by atoms with van der Waals surface area (Å²) < 4.78 is 48.8. The molecule has 1 saturated heterocycles. The molecule has 1 amide bonds. The molecule has 0 N–H and O–H groups in total. The largest absolute Gasteiger partial charge is 0.405 e. The third kappa shape index (κ3) is 3.59. The molecule has 3 rings (SSSR count). The number of para-hydroxylation sites is 2. The van der Waals surface area contributed by atoms with Crippen LogP contribution in [0.4, 0.5) is 24.5 Å². The molecule has 1 atom stereocenters. The Hall–Kier alpha value is -1.80. The van der Waals surface area contributed by atoms with E-state index in [0.717, 1.165) is 0 Å². The van der Waals surface area contributed by atoms with Crippen LogP contribution in [0, 0.1) is 0 Å². The SMILES string of the molecule is O=C(C1COCCO1)N1CCN(CC(F)(F)F)c2ccccc21. The molecule has 2 heterocycles. The maximum absolute atomic E-state index is 12.7. The summed E-state index contributed by atoms with van der Waals surface area (Å²) in [6.45, 7) is 0.228. The molecule has 0 spiro atoms. The van der Waals surface area contributed by atoms with E-state index in [9.17, 15) is 18.0 Å². The summed E-state index contributed by atoms with van der Waals surface area (Å²) >= 11 is 0. The molecule has 1 aromatic rings. The first-order chi connectivity index (χ1) is 11.0. The zero-order chi connectivity index (χ0) is 16.4. The summed E-state index contributed by atoms with van der Waals surface area (Å²) in [4.78, 5) is 15.3. The minimum Gasteiger partial charge on any atom is -0.376 e. The van der Waals surface area contributed by atoms with E-state index < -0.39 is 18.8 Å². The lowest BCUT2D eigenvalue weighted by molar-refractivity contribution is -0.144. The van der Waals surface area contributed by atoms with E-state index in [4.69, 9.17) is 9.47 Å². The minimum absolute atomic E-state index is 0.121. The van der Waals surface area contributed by atoms with Gasteiger partial charge in [0.1, 0.15) is 6.54 Å². The van der Waals surface area contributed by atoms with Crippen molar-refractivity contribution in [3.63, 3.8) is 0 Å². The maximum Gasteiger partial charge on any atom is 0.405 e. The summed E-state index contributed by atoms with van der Waals surface area (Å²) in [7, 11) is 0. The van der Waals surface area contributed by atoms with Crippen molar-refractivity contribution < 1.29 is 27.4 Å². The summed E-state index contributed by atoms with van der Waals surface area (Å²) in [5.41, 5.74) is 0.878. The number of fused-ring (bicyclic) bond motifs is 1. The predicted molar refractivity (Wildman–Crippen MR) is 77.6 cm³/mol. The van der Waals surface area contributed by atoms with Crippen molar-refractivity contribution in [3.05, 3.63) is 24.3 Å². The fourth-order valence-corrected chi connectivity index (χ4v) is 2.84. The second-order valence-electron chi connectivity index (χ2n) is 5.45. The van der Waals surface area contributed by atoms with E-state index in [1.807, 2.05) is 0 Å². The number of benzene rings is 1. The van der Waals surface area contributed by atoms with Crippen molar-refractivity contribution in [1.29, 1.82) is 0 Å². The van der Waals surface area contributed by atoms with Gasteiger partial charge in [0.25, 0.3) is 5.91 Å². The lowest BCUT2D eigenvalue weighted by Crippen LogP contribution is -2.51. The first-order valence-corrected chi connectivity index (χ1v) is 7.37. The zero-order valence-electron chi connectivity index (χ0n) is 12.4. The monoisotopic (exact) mass is 330 g/mol. The topological polar surface area (TPSA) is 42.0 Å². The van der Waals surface area contributed by atoms with E-state index in [-0.39, 0.29) is 25.6 Å². The third-order valence-corrected chi connectivity index (χ3v) is 3.83. The van der Waals surface area contributed by atoms with Crippen LogP contribution in [0.2, 0.25) is 0 Å². The first kappa shape index (κ1) is 16.1. The molecule has 1 fully saturated rings. The smallest absolute Gasteiger partial charge is 0.376 e. The molecule has 0 bridgehead atoms. The van der Waals surface area contributed by atoms with Gasteiger partial charge in [0.05, 0.1) is 31.2 Å². The quantitative estimate of drug-likeness (QED) is 0.830. The number of amides is 1. The molecule has 2 aliphatic rings. The molecule has 2 aliphatic heterocycles. The van der Waals surface area contributed by atoms with E-state index in [1.54, 1.807) is 24.3 Å². The first-order valence-electron chi connectivity index (χ1n) is 7.37. The van der Waals surface area contributed by atoms with Crippen LogP contribution in [-0.4, -0.2) is 57.6 Å². The van der Waals surface area contributed by atoms with E-state index in [0.29, 0.717) is 24.6 Å². The maximum atomic E-state index is 12.7. The Morgan fingerprint density at radius 2 is 1.91 bits per heavy atom. The van der Waals surface area contributed by atoms with Crippen LogP contribution in [0.25, 0.3) is 0 Å². The number of hydrogen-bond acceptors (Lipinski definition) is 4. The van der Waals surface area contributed by atoms with Gasteiger partial charge in [-0.05, 0) is 12.1 Å². The van der Waals surface area contributed by atoms with Gasteiger partial charge in [-0.2, -0.15) is 13.2 Å². The van der Waals surface area contributed by atoms with Crippen molar-refractivity contribution in [2.24, 2.45) is 0 Å². The lowest BCUT2D eigenvalue weighted by atomic mass is 10.1. The highest BCUT2D eigenvalue weighted by Crippen LogP contribution is 2.35. The zero-order valence-corrected chi connectivity index (χ0v) is 12.4. The summed E-state index contributed by atoms with van der Waals surface area (Å²) in [5, 5.41) is 0. The fourth-order valence-electron chi connectivity index (χ4n) is 2.84. The Morgan fingerprint density at radius 3 is 2.57 bits per heavy atom. The molecule has 5 nitrogen and oxygen atoms in total. The number of rotatable bonds is 2. The van der Waals surface area contributed by atoms with Crippen LogP contribution < -0.4 is 9.80 Å². The van der Waals surface area contributed by atoms with Crippen molar-refractivity contribution in [2.45, 2.75) is 12.3 Å². The lowest BCUT2D eigenvalue weighted by Gasteiger charge is -2.39. The minimum atomic E-state index is -4.29. The van der Waals surface area contributed by atoms with Gasteiger partial charge >= 0.3 is 6.18 Å². The highest BCUT2D eigenvalue weighted by Gasteiger charge is 2.37. The van der Waals surface area contributed by atoms with Gasteiger partial charge in [-0.25, -0.2) is 0 Å². The number of carbonyl (C=O) groups is 1. The average Bonchev–Trinajstić information content (AvgIpc) is 2.54. The van der Waals surface area contributed by atoms with Crippen LogP contribution in [0.3, 0.4) is 0 Å². The number of carbonyl (C=O) groups excluding carboxylic acids is 1. The Bertz CT molecular complexity index is 573. The summed E-state index contributed by atoms with van der Waals surface area (Å²) in [5.74, 6) is -0.274. The van der Waals surface area contributed by atoms with Crippen LogP contribution in [0.5, 0.6) is 0 Å². The molecule has 0 radical (unpaired) electrons.